The smallest absolute Gasteiger partial charge is 0.338 e. The fraction of sp³-hybridized carbons (Fsp3) is 0.0714. The van der Waals surface area contributed by atoms with E-state index >= 15 is 0 Å². The van der Waals surface area contributed by atoms with Crippen LogP contribution in [0.2, 0.25) is 0 Å². The van der Waals surface area contributed by atoms with Crippen molar-refractivity contribution in [2.24, 2.45) is 0 Å². The molecule has 0 aromatic heterocycles. The minimum Gasteiger partial charge on any atom is -0.478 e. The van der Waals surface area contributed by atoms with Crippen LogP contribution in [0.15, 0.2) is 47.4 Å². The summed E-state index contributed by atoms with van der Waals surface area (Å²) in [7, 11) is 0. The van der Waals surface area contributed by atoms with Crippen LogP contribution in [-0.2, 0) is 5.75 Å². The lowest BCUT2D eigenvalue weighted by Gasteiger charge is -2.04. The molecule has 0 saturated carbocycles. The molecule has 2 aromatic carbocycles. The summed E-state index contributed by atoms with van der Waals surface area (Å²) in [5.41, 5.74) is 6.72. The predicted molar refractivity (Wildman–Crippen MR) is 73.8 cm³/mol. The first kappa shape index (κ1) is 13.4. The molecule has 0 unspecified atom stereocenters. The van der Waals surface area contributed by atoms with E-state index in [0.717, 1.165) is 10.5 Å². The quantitative estimate of drug-likeness (QED) is 0.664. The fourth-order valence-corrected chi connectivity index (χ4v) is 2.39. The molecule has 0 atom stereocenters. The molecule has 0 fully saturated rings. The lowest BCUT2D eigenvalue weighted by molar-refractivity contribution is 0.0692. The van der Waals surface area contributed by atoms with Crippen LogP contribution < -0.4 is 5.73 Å². The molecule has 98 valence electrons. The van der Waals surface area contributed by atoms with Crippen molar-refractivity contribution in [3.05, 3.63) is 59.4 Å². The number of rotatable bonds is 4. The summed E-state index contributed by atoms with van der Waals surface area (Å²) in [4.78, 5) is 11.7. The molecule has 19 heavy (non-hydrogen) atoms. The number of carbonyl (C=O) groups is 1. The van der Waals surface area contributed by atoms with Gasteiger partial charge in [0.05, 0.1) is 5.56 Å². The fourth-order valence-electron chi connectivity index (χ4n) is 1.55. The highest BCUT2D eigenvalue weighted by Crippen LogP contribution is 2.24. The van der Waals surface area contributed by atoms with Crippen LogP contribution in [0.5, 0.6) is 0 Å². The van der Waals surface area contributed by atoms with Crippen molar-refractivity contribution in [2.75, 3.05) is 5.73 Å². The van der Waals surface area contributed by atoms with Gasteiger partial charge in [0.2, 0.25) is 0 Å². The second-order valence-corrected chi connectivity index (χ2v) is 5.03. The van der Waals surface area contributed by atoms with Crippen molar-refractivity contribution >= 4 is 23.4 Å². The Morgan fingerprint density at radius 3 is 2.47 bits per heavy atom. The van der Waals surface area contributed by atoms with Gasteiger partial charge in [0.25, 0.3) is 0 Å². The topological polar surface area (TPSA) is 63.3 Å². The molecule has 2 rings (SSSR count). The van der Waals surface area contributed by atoms with Crippen molar-refractivity contribution in [1.29, 1.82) is 0 Å². The van der Waals surface area contributed by atoms with Gasteiger partial charge < -0.3 is 10.8 Å². The highest BCUT2D eigenvalue weighted by atomic mass is 32.2. The zero-order valence-electron chi connectivity index (χ0n) is 9.97. The number of carboxylic acid groups (broad SMARTS) is 1. The van der Waals surface area contributed by atoms with E-state index in [0.29, 0.717) is 11.4 Å². The Kier molecular flexibility index (Phi) is 4.06. The number of anilines is 1. The zero-order valence-corrected chi connectivity index (χ0v) is 10.8. The van der Waals surface area contributed by atoms with E-state index in [1.165, 1.54) is 23.9 Å². The second kappa shape index (κ2) is 5.75. The molecule has 0 aliphatic heterocycles. The maximum atomic E-state index is 13.5. The number of hydrogen-bond acceptors (Lipinski definition) is 3. The zero-order chi connectivity index (χ0) is 13.8. The molecule has 5 heteroatoms. The lowest BCUT2D eigenvalue weighted by Crippen LogP contribution is -2.00. The van der Waals surface area contributed by atoms with Gasteiger partial charge in [-0.2, -0.15) is 0 Å². The van der Waals surface area contributed by atoms with E-state index in [2.05, 4.69) is 0 Å². The number of nitrogen functional groups attached to an aromatic ring is 1. The van der Waals surface area contributed by atoms with Gasteiger partial charge in [0.15, 0.2) is 0 Å². The minimum atomic E-state index is -1.25. The Morgan fingerprint density at radius 2 is 1.89 bits per heavy atom. The van der Waals surface area contributed by atoms with Gasteiger partial charge >= 0.3 is 5.97 Å². The van der Waals surface area contributed by atoms with Gasteiger partial charge in [0.1, 0.15) is 5.82 Å². The Hall–Kier alpha value is -2.01. The van der Waals surface area contributed by atoms with Crippen LogP contribution >= 0.6 is 11.8 Å². The molecular weight excluding hydrogens is 265 g/mol. The molecule has 0 spiro atoms. The van der Waals surface area contributed by atoms with E-state index in [9.17, 15) is 9.18 Å². The van der Waals surface area contributed by atoms with Crippen molar-refractivity contribution < 1.29 is 14.3 Å². The summed E-state index contributed by atoms with van der Waals surface area (Å²) in [6.45, 7) is 0. The van der Waals surface area contributed by atoms with Gasteiger partial charge in [0, 0.05) is 16.3 Å². The molecule has 0 saturated heterocycles. The van der Waals surface area contributed by atoms with Crippen molar-refractivity contribution in [3.63, 3.8) is 0 Å². The molecule has 3 nitrogen and oxygen atoms in total. The molecular formula is C14H12FNO2S. The average Bonchev–Trinajstić information content (AvgIpc) is 2.37. The number of thioether (sulfide) groups is 1. The van der Waals surface area contributed by atoms with E-state index < -0.39 is 11.8 Å². The summed E-state index contributed by atoms with van der Waals surface area (Å²) in [5, 5.41) is 8.73. The van der Waals surface area contributed by atoms with Crippen molar-refractivity contribution in [1.82, 2.24) is 0 Å². The van der Waals surface area contributed by atoms with Crippen LogP contribution in [0, 0.1) is 5.82 Å². The van der Waals surface area contributed by atoms with Gasteiger partial charge in [-0.15, -0.1) is 11.8 Å². The first-order chi connectivity index (χ1) is 9.06. The molecule has 2 aromatic rings. The highest BCUT2D eigenvalue weighted by molar-refractivity contribution is 7.98. The number of aromatic carboxylic acids is 1. The van der Waals surface area contributed by atoms with E-state index in [4.69, 9.17) is 10.8 Å². The van der Waals surface area contributed by atoms with E-state index in [-0.39, 0.29) is 5.56 Å². The Bertz CT molecular complexity index is 599. The molecule has 0 aliphatic rings. The van der Waals surface area contributed by atoms with E-state index in [1.807, 2.05) is 12.1 Å². The van der Waals surface area contributed by atoms with Crippen LogP contribution in [0.3, 0.4) is 0 Å². The summed E-state index contributed by atoms with van der Waals surface area (Å²) in [5.74, 6) is -1.39. The van der Waals surface area contributed by atoms with Gasteiger partial charge in [-0.05, 0) is 42.0 Å². The van der Waals surface area contributed by atoms with Crippen LogP contribution in [0.25, 0.3) is 0 Å². The minimum absolute atomic E-state index is 0.304. The van der Waals surface area contributed by atoms with Gasteiger partial charge in [-0.25, -0.2) is 9.18 Å². The van der Waals surface area contributed by atoms with Gasteiger partial charge in [-0.1, -0.05) is 6.07 Å². The SMILES string of the molecule is Nc1ccc(SCc2ccc(C(=O)O)c(F)c2)cc1. The first-order valence-corrected chi connectivity index (χ1v) is 6.55. The molecule has 0 amide bonds. The average molecular weight is 277 g/mol. The first-order valence-electron chi connectivity index (χ1n) is 5.56. The maximum absolute atomic E-state index is 13.5. The third-order valence-electron chi connectivity index (χ3n) is 2.55. The van der Waals surface area contributed by atoms with E-state index in [1.54, 1.807) is 18.2 Å². The number of benzene rings is 2. The third kappa shape index (κ3) is 3.48. The number of nitrogens with two attached hydrogens (primary N) is 1. The van der Waals surface area contributed by atoms with Crippen molar-refractivity contribution in [3.8, 4) is 0 Å². The molecule has 0 radical (unpaired) electrons. The summed E-state index contributed by atoms with van der Waals surface area (Å²) in [6, 6.07) is 11.6. The lowest BCUT2D eigenvalue weighted by atomic mass is 10.1. The second-order valence-electron chi connectivity index (χ2n) is 3.98. The molecule has 3 N–H and O–H groups in total. The Labute approximate surface area is 114 Å². The largest absolute Gasteiger partial charge is 0.478 e. The predicted octanol–water partition coefficient (Wildman–Crippen LogP) is 3.40. The van der Waals surface area contributed by atoms with Crippen LogP contribution in [-0.4, -0.2) is 11.1 Å². The molecule has 0 bridgehead atoms. The normalized spacial score (nSPS) is 10.4. The number of carboxylic acids is 1. The Balaban J connectivity index is 2.06. The standard InChI is InChI=1S/C14H12FNO2S/c15-13-7-9(1-6-12(13)14(17)18)8-19-11-4-2-10(16)3-5-11/h1-7H,8,16H2,(H,17,18). The third-order valence-corrected chi connectivity index (χ3v) is 3.63. The Morgan fingerprint density at radius 1 is 1.21 bits per heavy atom. The number of halogens is 1. The van der Waals surface area contributed by atoms with Gasteiger partial charge in [-0.3, -0.25) is 0 Å². The molecule has 0 heterocycles. The summed E-state index contributed by atoms with van der Waals surface area (Å²) in [6.07, 6.45) is 0. The summed E-state index contributed by atoms with van der Waals surface area (Å²) >= 11 is 1.54. The van der Waals surface area contributed by atoms with Crippen LogP contribution in [0.1, 0.15) is 15.9 Å². The maximum Gasteiger partial charge on any atom is 0.338 e. The monoisotopic (exact) mass is 277 g/mol. The summed E-state index contributed by atoms with van der Waals surface area (Å²) < 4.78 is 13.5. The molecule has 0 aliphatic carbocycles. The number of hydrogen-bond donors (Lipinski definition) is 2. The highest BCUT2D eigenvalue weighted by Gasteiger charge is 2.10. The van der Waals surface area contributed by atoms with Crippen molar-refractivity contribution in [2.45, 2.75) is 10.6 Å². The van der Waals surface area contributed by atoms with Crippen LogP contribution in [0.4, 0.5) is 10.1 Å².